The van der Waals surface area contributed by atoms with Crippen molar-refractivity contribution in [2.45, 2.75) is 51.7 Å². The molecule has 0 aromatic carbocycles. The normalized spacial score (nSPS) is 15.8. The number of rotatable bonds is 10. The van der Waals surface area contributed by atoms with Gasteiger partial charge in [0.1, 0.15) is 12.2 Å². The van der Waals surface area contributed by atoms with Gasteiger partial charge in [0, 0.05) is 28.4 Å². The molecule has 8 nitrogen and oxygen atoms in total. The van der Waals surface area contributed by atoms with Crippen molar-refractivity contribution in [3.63, 3.8) is 0 Å². The number of methoxy groups -OCH3 is 4. The third-order valence-corrected chi connectivity index (χ3v) is 3.68. The van der Waals surface area contributed by atoms with Crippen LogP contribution in [0.25, 0.3) is 0 Å². The molecule has 1 aromatic rings. The average Bonchev–Trinajstić information content (AvgIpc) is 2.96. The van der Waals surface area contributed by atoms with Gasteiger partial charge in [0.25, 0.3) is 0 Å². The zero-order chi connectivity index (χ0) is 16.7. The molecule has 0 unspecified atom stereocenters. The van der Waals surface area contributed by atoms with Crippen molar-refractivity contribution >= 4 is 0 Å². The Morgan fingerprint density at radius 2 is 1.36 bits per heavy atom. The molecule has 1 heterocycles. The third kappa shape index (κ3) is 4.16. The molecule has 22 heavy (non-hydrogen) atoms. The lowest BCUT2D eigenvalue weighted by Crippen LogP contribution is -2.41. The Morgan fingerprint density at radius 1 is 0.909 bits per heavy atom. The lowest BCUT2D eigenvalue weighted by molar-refractivity contribution is -0.114. The van der Waals surface area contributed by atoms with Crippen LogP contribution in [0.15, 0.2) is 0 Å². The Balaban J connectivity index is 3.14. The van der Waals surface area contributed by atoms with Gasteiger partial charge in [0.05, 0.1) is 6.04 Å². The first kappa shape index (κ1) is 18.8. The highest BCUT2D eigenvalue weighted by Crippen LogP contribution is 2.20. The minimum absolute atomic E-state index is 0.0726. The highest BCUT2D eigenvalue weighted by Gasteiger charge is 2.26. The lowest BCUT2D eigenvalue weighted by Gasteiger charge is -2.28. The molecule has 0 saturated heterocycles. The van der Waals surface area contributed by atoms with E-state index in [1.807, 2.05) is 25.4 Å². The number of nitrogens with zero attached hydrogens (tertiary/aromatic N) is 3. The standard InChI is InChI=1S/C14H28N4O4/c1-8-11(14(21-6)22-7)17-18-12(9(2)19-4)15-16-13(18)10(3)20-5/h9-11,14,17H,8H2,1-7H3/t9-,10-,11+/m0/s1. The van der Waals surface area contributed by atoms with Crippen molar-refractivity contribution in [2.24, 2.45) is 0 Å². The summed E-state index contributed by atoms with van der Waals surface area (Å²) in [5.74, 6) is 1.34. The van der Waals surface area contributed by atoms with Gasteiger partial charge in [0.2, 0.25) is 0 Å². The number of aromatic nitrogens is 3. The summed E-state index contributed by atoms with van der Waals surface area (Å²) in [6.07, 6.45) is -0.00641. The second-order valence-corrected chi connectivity index (χ2v) is 4.99. The van der Waals surface area contributed by atoms with Gasteiger partial charge in [-0.3, -0.25) is 0 Å². The van der Waals surface area contributed by atoms with Crippen LogP contribution in [-0.2, 0) is 18.9 Å². The lowest BCUT2D eigenvalue weighted by atomic mass is 10.2. The van der Waals surface area contributed by atoms with Gasteiger partial charge < -0.3 is 24.4 Å². The second kappa shape index (κ2) is 9.04. The number of nitrogens with one attached hydrogen (secondary N) is 1. The van der Waals surface area contributed by atoms with Crippen molar-refractivity contribution in [1.29, 1.82) is 0 Å². The van der Waals surface area contributed by atoms with Crippen LogP contribution < -0.4 is 5.43 Å². The van der Waals surface area contributed by atoms with Crippen LogP contribution in [0, 0.1) is 0 Å². The van der Waals surface area contributed by atoms with Gasteiger partial charge in [-0.25, -0.2) is 4.68 Å². The highest BCUT2D eigenvalue weighted by atomic mass is 16.7. The molecule has 0 aliphatic rings. The largest absolute Gasteiger partial charge is 0.374 e. The molecule has 0 fully saturated rings. The van der Waals surface area contributed by atoms with E-state index in [-0.39, 0.29) is 24.5 Å². The fraction of sp³-hybridized carbons (Fsp3) is 0.857. The molecule has 1 aromatic heterocycles. The predicted molar refractivity (Wildman–Crippen MR) is 82.1 cm³/mol. The maximum absolute atomic E-state index is 5.37. The zero-order valence-corrected chi connectivity index (χ0v) is 14.5. The SMILES string of the molecule is CC[C@@H](Nn1c([C@H](C)OC)nnc1[C@H](C)OC)C(OC)OC. The van der Waals surface area contributed by atoms with E-state index in [2.05, 4.69) is 15.6 Å². The van der Waals surface area contributed by atoms with Gasteiger partial charge in [-0.15, -0.1) is 10.2 Å². The molecule has 3 atom stereocenters. The molecule has 0 radical (unpaired) electrons. The minimum Gasteiger partial charge on any atom is -0.374 e. The van der Waals surface area contributed by atoms with E-state index in [9.17, 15) is 0 Å². The van der Waals surface area contributed by atoms with Crippen molar-refractivity contribution < 1.29 is 18.9 Å². The summed E-state index contributed by atoms with van der Waals surface area (Å²) in [7, 11) is 6.49. The molecular weight excluding hydrogens is 288 g/mol. The van der Waals surface area contributed by atoms with Crippen LogP contribution in [0.4, 0.5) is 0 Å². The minimum atomic E-state index is -0.385. The molecule has 0 amide bonds. The summed E-state index contributed by atoms with van der Waals surface area (Å²) in [5.41, 5.74) is 3.36. The molecule has 128 valence electrons. The predicted octanol–water partition coefficient (Wildman–Crippen LogP) is 1.63. The smallest absolute Gasteiger partial charge is 0.180 e. The van der Waals surface area contributed by atoms with E-state index in [4.69, 9.17) is 18.9 Å². The Morgan fingerprint density at radius 3 is 1.68 bits per heavy atom. The fourth-order valence-corrected chi connectivity index (χ4v) is 2.11. The van der Waals surface area contributed by atoms with Crippen molar-refractivity contribution in [3.8, 4) is 0 Å². The monoisotopic (exact) mass is 316 g/mol. The number of hydrogen-bond donors (Lipinski definition) is 1. The van der Waals surface area contributed by atoms with Crippen LogP contribution >= 0.6 is 0 Å². The summed E-state index contributed by atoms with van der Waals surface area (Å²) in [4.78, 5) is 0. The van der Waals surface area contributed by atoms with Gasteiger partial charge in [-0.2, -0.15) is 0 Å². The quantitative estimate of drug-likeness (QED) is 0.657. The Kier molecular flexibility index (Phi) is 7.74. The Labute approximate surface area is 132 Å². The molecule has 0 aliphatic carbocycles. The topological polar surface area (TPSA) is 79.7 Å². The molecule has 8 heteroatoms. The third-order valence-electron chi connectivity index (χ3n) is 3.68. The zero-order valence-electron chi connectivity index (χ0n) is 14.5. The average molecular weight is 316 g/mol. The maximum Gasteiger partial charge on any atom is 0.180 e. The van der Waals surface area contributed by atoms with Gasteiger partial charge in [0.15, 0.2) is 17.9 Å². The van der Waals surface area contributed by atoms with Crippen LogP contribution in [0.2, 0.25) is 0 Å². The maximum atomic E-state index is 5.37. The second-order valence-electron chi connectivity index (χ2n) is 4.99. The molecule has 0 bridgehead atoms. The number of ether oxygens (including phenoxy) is 4. The highest BCUT2D eigenvalue weighted by molar-refractivity contribution is 5.06. The summed E-state index contributed by atoms with van der Waals surface area (Å²) in [6, 6.07) is -0.0726. The van der Waals surface area contributed by atoms with Crippen molar-refractivity contribution in [1.82, 2.24) is 14.9 Å². The fourth-order valence-electron chi connectivity index (χ4n) is 2.11. The first-order chi connectivity index (χ1) is 10.5. The Bertz CT molecular complexity index is 409. The molecular formula is C14H28N4O4. The first-order valence-corrected chi connectivity index (χ1v) is 7.36. The van der Waals surface area contributed by atoms with Gasteiger partial charge in [-0.1, -0.05) is 6.92 Å². The summed E-state index contributed by atoms with van der Waals surface area (Å²) < 4.78 is 23.2. The first-order valence-electron chi connectivity index (χ1n) is 7.36. The van der Waals surface area contributed by atoms with Crippen LogP contribution in [0.5, 0.6) is 0 Å². The van der Waals surface area contributed by atoms with E-state index in [1.54, 1.807) is 28.4 Å². The van der Waals surface area contributed by atoms with Crippen molar-refractivity contribution in [2.75, 3.05) is 33.9 Å². The number of hydrogen-bond acceptors (Lipinski definition) is 7. The van der Waals surface area contributed by atoms with E-state index in [0.717, 1.165) is 6.42 Å². The van der Waals surface area contributed by atoms with E-state index >= 15 is 0 Å². The Hall–Kier alpha value is -1.22. The van der Waals surface area contributed by atoms with E-state index < -0.39 is 0 Å². The molecule has 0 saturated carbocycles. The molecule has 1 rings (SSSR count). The summed E-state index contributed by atoms with van der Waals surface area (Å²) in [6.45, 7) is 5.87. The van der Waals surface area contributed by atoms with E-state index in [1.165, 1.54) is 0 Å². The van der Waals surface area contributed by atoms with E-state index in [0.29, 0.717) is 11.6 Å². The van der Waals surface area contributed by atoms with Crippen LogP contribution in [0.1, 0.15) is 51.0 Å². The molecule has 0 aliphatic heterocycles. The van der Waals surface area contributed by atoms with Crippen LogP contribution in [0.3, 0.4) is 0 Å². The van der Waals surface area contributed by atoms with Gasteiger partial charge >= 0.3 is 0 Å². The van der Waals surface area contributed by atoms with Gasteiger partial charge in [-0.05, 0) is 20.3 Å². The molecule has 1 N–H and O–H groups in total. The van der Waals surface area contributed by atoms with Crippen LogP contribution in [-0.4, -0.2) is 55.6 Å². The summed E-state index contributed by atoms with van der Waals surface area (Å²) >= 11 is 0. The summed E-state index contributed by atoms with van der Waals surface area (Å²) in [5, 5.41) is 8.44. The van der Waals surface area contributed by atoms with Crippen molar-refractivity contribution in [3.05, 3.63) is 11.6 Å². The molecule has 0 spiro atoms.